The van der Waals surface area contributed by atoms with E-state index < -0.39 is 11.1 Å². The zero-order valence-corrected chi connectivity index (χ0v) is 24.3. The lowest BCUT2D eigenvalue weighted by molar-refractivity contribution is 0.118. The second kappa shape index (κ2) is 13.3. The first-order valence-corrected chi connectivity index (χ1v) is 14.4. The van der Waals surface area contributed by atoms with Gasteiger partial charge in [-0.3, -0.25) is 9.98 Å². The Morgan fingerprint density at radius 1 is 0.676 bits per heavy atom. The summed E-state index contributed by atoms with van der Waals surface area (Å²) in [6, 6.07) is 11.0. The highest BCUT2D eigenvalue weighted by Crippen LogP contribution is 2.33. The first kappa shape index (κ1) is 28.9. The molecule has 0 saturated carbocycles. The van der Waals surface area contributed by atoms with E-state index in [1.165, 1.54) is 42.4 Å². The van der Waals surface area contributed by atoms with Crippen LogP contribution in [0.15, 0.2) is 40.3 Å². The van der Waals surface area contributed by atoms with E-state index in [4.69, 9.17) is 19.5 Å². The lowest BCUT2D eigenvalue weighted by Gasteiger charge is -2.35. The summed E-state index contributed by atoms with van der Waals surface area (Å²) in [5.74, 6) is 1.70. The zero-order valence-electron chi connectivity index (χ0n) is 24.3. The molecule has 0 aromatic heterocycles. The fourth-order valence-electron chi connectivity index (χ4n) is 4.43. The molecular formula is C33H48N2O2. The molecule has 4 nitrogen and oxygen atoms in total. The average Bonchev–Trinajstić information content (AvgIpc) is 2.88. The molecule has 0 unspecified atom stereocenters. The first-order chi connectivity index (χ1) is 17.7. The van der Waals surface area contributed by atoms with Crippen LogP contribution in [-0.2, 0) is 19.3 Å². The lowest BCUT2D eigenvalue weighted by atomic mass is 9.83. The highest BCUT2D eigenvalue weighted by molar-refractivity contribution is 5.86. The SMILES string of the molecule is CCCCc1ccc2c(c1)C=NC(C)(C)C(C)(C)N=Cc1cc(CCCC)cc(CCCC)c1OCO2. The molecule has 1 aliphatic rings. The summed E-state index contributed by atoms with van der Waals surface area (Å²) in [5.41, 5.74) is 5.10. The van der Waals surface area contributed by atoms with E-state index in [-0.39, 0.29) is 6.79 Å². The standard InChI is InChI=1S/C33H48N2O2/c1-8-11-14-25-17-18-30-28(19-25)22-34-32(4,5)33(6,7)35-23-29-21-26(15-12-9-2)20-27(16-13-10-3)31(29)37-24-36-30/h17-23H,8-16,24H2,1-7H3. The molecule has 2 aromatic rings. The third kappa shape index (κ3) is 7.69. The maximum absolute atomic E-state index is 6.40. The third-order valence-electron chi connectivity index (χ3n) is 7.73. The Labute approximate surface area is 225 Å². The third-order valence-corrected chi connectivity index (χ3v) is 7.73. The number of rotatable bonds is 9. The van der Waals surface area contributed by atoms with Crippen LogP contribution >= 0.6 is 0 Å². The average molecular weight is 505 g/mol. The van der Waals surface area contributed by atoms with Crippen LogP contribution in [0.5, 0.6) is 11.5 Å². The molecule has 0 spiro atoms. The van der Waals surface area contributed by atoms with Crippen molar-refractivity contribution in [1.82, 2.24) is 0 Å². The van der Waals surface area contributed by atoms with E-state index in [0.29, 0.717) is 0 Å². The molecule has 0 atom stereocenters. The Morgan fingerprint density at radius 2 is 1.24 bits per heavy atom. The number of benzene rings is 2. The van der Waals surface area contributed by atoms with Gasteiger partial charge >= 0.3 is 0 Å². The number of hydrogen-bond donors (Lipinski definition) is 0. The summed E-state index contributed by atoms with van der Waals surface area (Å²) in [6.45, 7) is 15.5. The molecule has 3 rings (SSSR count). The Balaban J connectivity index is 2.09. The molecule has 202 valence electrons. The van der Waals surface area contributed by atoms with Gasteiger partial charge in [0.15, 0.2) is 0 Å². The van der Waals surface area contributed by atoms with Crippen molar-refractivity contribution in [3.8, 4) is 11.5 Å². The van der Waals surface area contributed by atoms with Gasteiger partial charge in [0.25, 0.3) is 0 Å². The summed E-state index contributed by atoms with van der Waals surface area (Å²) in [6.07, 6.45) is 14.1. The number of unbranched alkanes of at least 4 members (excludes halogenated alkanes) is 3. The summed E-state index contributed by atoms with van der Waals surface area (Å²) < 4.78 is 12.6. The molecule has 0 radical (unpaired) electrons. The van der Waals surface area contributed by atoms with Crippen LogP contribution in [0.25, 0.3) is 0 Å². The number of nitrogens with zero attached hydrogens (tertiary/aromatic N) is 2. The number of aryl methyl sites for hydroxylation is 3. The van der Waals surface area contributed by atoms with Gasteiger partial charge < -0.3 is 9.47 Å². The second-order valence-corrected chi connectivity index (χ2v) is 11.4. The van der Waals surface area contributed by atoms with Gasteiger partial charge in [-0.05, 0) is 101 Å². The number of hydrogen-bond acceptors (Lipinski definition) is 4. The second-order valence-electron chi connectivity index (χ2n) is 11.4. The van der Waals surface area contributed by atoms with Crippen LogP contribution in [0.1, 0.15) is 115 Å². The molecule has 0 aliphatic carbocycles. The highest BCUT2D eigenvalue weighted by Gasteiger charge is 2.36. The van der Waals surface area contributed by atoms with E-state index in [0.717, 1.165) is 54.7 Å². The van der Waals surface area contributed by atoms with Gasteiger partial charge in [0.1, 0.15) is 11.5 Å². The van der Waals surface area contributed by atoms with Crippen LogP contribution < -0.4 is 9.47 Å². The Morgan fingerprint density at radius 3 is 1.89 bits per heavy atom. The topological polar surface area (TPSA) is 43.2 Å². The summed E-state index contributed by atoms with van der Waals surface area (Å²) >= 11 is 0. The van der Waals surface area contributed by atoms with E-state index in [2.05, 4.69) is 78.8 Å². The Kier molecular flexibility index (Phi) is 10.4. The van der Waals surface area contributed by atoms with Crippen molar-refractivity contribution >= 4 is 12.4 Å². The zero-order chi connectivity index (χ0) is 26.9. The Bertz CT molecular complexity index is 1080. The van der Waals surface area contributed by atoms with Crippen molar-refractivity contribution in [2.45, 2.75) is 117 Å². The van der Waals surface area contributed by atoms with Crippen LogP contribution in [0.4, 0.5) is 0 Å². The van der Waals surface area contributed by atoms with Crippen LogP contribution in [0.2, 0.25) is 0 Å². The van der Waals surface area contributed by atoms with E-state index in [1.807, 2.05) is 12.4 Å². The van der Waals surface area contributed by atoms with Crippen molar-refractivity contribution in [3.63, 3.8) is 0 Å². The largest absolute Gasteiger partial charge is 0.457 e. The lowest BCUT2D eigenvalue weighted by Crippen LogP contribution is -2.42. The smallest absolute Gasteiger partial charge is 0.230 e. The van der Waals surface area contributed by atoms with Gasteiger partial charge in [-0.25, -0.2) is 0 Å². The predicted molar refractivity (Wildman–Crippen MR) is 158 cm³/mol. The van der Waals surface area contributed by atoms with Crippen molar-refractivity contribution in [2.24, 2.45) is 9.98 Å². The summed E-state index contributed by atoms with van der Waals surface area (Å²) in [5, 5.41) is 0. The van der Waals surface area contributed by atoms with Gasteiger partial charge in [-0.1, -0.05) is 52.2 Å². The molecule has 2 aromatic carbocycles. The van der Waals surface area contributed by atoms with Crippen molar-refractivity contribution in [3.05, 3.63) is 58.1 Å². The monoisotopic (exact) mass is 504 g/mol. The van der Waals surface area contributed by atoms with Crippen molar-refractivity contribution < 1.29 is 9.47 Å². The van der Waals surface area contributed by atoms with Gasteiger partial charge in [-0.15, -0.1) is 0 Å². The normalized spacial score (nSPS) is 16.4. The number of ether oxygens (including phenoxy) is 2. The Hall–Kier alpha value is -2.62. The van der Waals surface area contributed by atoms with Crippen LogP contribution in [0, 0.1) is 0 Å². The molecule has 1 aliphatic heterocycles. The van der Waals surface area contributed by atoms with E-state index >= 15 is 0 Å². The molecule has 0 bridgehead atoms. The molecule has 1 heterocycles. The van der Waals surface area contributed by atoms with Gasteiger partial charge in [0, 0.05) is 23.6 Å². The highest BCUT2D eigenvalue weighted by atomic mass is 16.7. The molecule has 0 saturated heterocycles. The number of aliphatic imine (C=N–C) groups is 2. The maximum atomic E-state index is 6.40. The fraction of sp³-hybridized carbons (Fsp3) is 0.576. The quantitative estimate of drug-likeness (QED) is 0.343. The minimum absolute atomic E-state index is 0.149. The van der Waals surface area contributed by atoms with E-state index in [1.54, 1.807) is 0 Å². The van der Waals surface area contributed by atoms with E-state index in [9.17, 15) is 0 Å². The van der Waals surface area contributed by atoms with Crippen LogP contribution in [0.3, 0.4) is 0 Å². The summed E-state index contributed by atoms with van der Waals surface area (Å²) in [4.78, 5) is 10.2. The predicted octanol–water partition coefficient (Wildman–Crippen LogP) is 8.54. The number of fused-ring (bicyclic) bond motifs is 2. The molecular weight excluding hydrogens is 456 g/mol. The van der Waals surface area contributed by atoms with Gasteiger partial charge in [0.2, 0.25) is 6.79 Å². The molecule has 0 fully saturated rings. The van der Waals surface area contributed by atoms with Gasteiger partial charge in [-0.2, -0.15) is 0 Å². The van der Waals surface area contributed by atoms with Gasteiger partial charge in [0.05, 0.1) is 11.1 Å². The molecule has 37 heavy (non-hydrogen) atoms. The fourth-order valence-corrected chi connectivity index (χ4v) is 4.43. The van der Waals surface area contributed by atoms with Crippen molar-refractivity contribution in [1.29, 1.82) is 0 Å². The summed E-state index contributed by atoms with van der Waals surface area (Å²) in [7, 11) is 0. The molecule has 0 amide bonds. The molecule has 4 heteroatoms. The minimum Gasteiger partial charge on any atom is -0.457 e. The van der Waals surface area contributed by atoms with Crippen molar-refractivity contribution in [2.75, 3.05) is 6.79 Å². The first-order valence-electron chi connectivity index (χ1n) is 14.4. The minimum atomic E-state index is -0.418. The molecule has 0 N–H and O–H groups in total. The van der Waals surface area contributed by atoms with Crippen LogP contribution in [-0.4, -0.2) is 30.3 Å². The maximum Gasteiger partial charge on any atom is 0.230 e.